The fourth-order valence-electron chi connectivity index (χ4n) is 3.00. The minimum absolute atomic E-state index is 0.0856. The molecular formula is C18H22N2O5. The molecule has 0 saturated carbocycles. The molecule has 1 unspecified atom stereocenters. The van der Waals surface area contributed by atoms with Crippen LogP contribution in [0.25, 0.3) is 0 Å². The second kappa shape index (κ2) is 7.94. The first-order valence-corrected chi connectivity index (χ1v) is 7.93. The zero-order valence-electron chi connectivity index (χ0n) is 14.8. The zero-order chi connectivity index (χ0) is 18.6. The van der Waals surface area contributed by atoms with Crippen LogP contribution >= 0.6 is 0 Å². The maximum absolute atomic E-state index is 12.5. The van der Waals surface area contributed by atoms with E-state index >= 15 is 0 Å². The molecule has 1 atom stereocenters. The number of hydrogen-bond acceptors (Lipinski definition) is 5. The van der Waals surface area contributed by atoms with Crippen LogP contribution in [0.2, 0.25) is 0 Å². The van der Waals surface area contributed by atoms with Gasteiger partial charge in [0.25, 0.3) is 0 Å². The van der Waals surface area contributed by atoms with E-state index in [0.717, 1.165) is 11.4 Å². The number of ketones is 1. The summed E-state index contributed by atoms with van der Waals surface area (Å²) in [6, 6.07) is 7.92. The van der Waals surface area contributed by atoms with Crippen LogP contribution in [0.4, 0.5) is 5.69 Å². The first kappa shape index (κ1) is 18.7. The lowest BCUT2D eigenvalue weighted by atomic mass is 10.1. The van der Waals surface area contributed by atoms with Crippen LogP contribution in [0.3, 0.4) is 0 Å². The molecule has 0 bridgehead atoms. The van der Waals surface area contributed by atoms with Gasteiger partial charge in [0.15, 0.2) is 12.4 Å². The number of Topliss-reactive ketones (excluding diaryl/α,β-unsaturated/α-hetero) is 1. The van der Waals surface area contributed by atoms with E-state index in [4.69, 9.17) is 9.47 Å². The molecule has 1 heterocycles. The molecule has 2 aromatic rings. The maximum Gasteiger partial charge on any atom is 0.310 e. The zero-order valence-corrected chi connectivity index (χ0v) is 14.8. The lowest BCUT2D eigenvalue weighted by Crippen LogP contribution is -2.16. The number of benzene rings is 1. The standard InChI is InChI=1S/C18H22N2O5/c1-12-9-15(14(3)19(12)13(2)10-24-4)17(21)11-25-18-8-6-5-7-16(18)20(22)23/h5-9,13H,10-11H2,1-4H3. The van der Waals surface area contributed by atoms with Crippen LogP contribution < -0.4 is 4.74 Å². The summed E-state index contributed by atoms with van der Waals surface area (Å²) in [6.07, 6.45) is 0. The molecule has 0 amide bonds. The minimum Gasteiger partial charge on any atom is -0.478 e. The third-order valence-corrected chi connectivity index (χ3v) is 4.05. The SMILES string of the molecule is COCC(C)n1c(C)cc(C(=O)COc2ccccc2[N+](=O)[O-])c1C. The Hall–Kier alpha value is -2.67. The summed E-state index contributed by atoms with van der Waals surface area (Å²) in [7, 11) is 1.64. The van der Waals surface area contributed by atoms with Gasteiger partial charge < -0.3 is 14.0 Å². The second-order valence-corrected chi connectivity index (χ2v) is 5.90. The van der Waals surface area contributed by atoms with Crippen molar-refractivity contribution in [1.29, 1.82) is 0 Å². The quantitative estimate of drug-likeness (QED) is 0.415. The van der Waals surface area contributed by atoms with Gasteiger partial charge in [-0.25, -0.2) is 0 Å². The van der Waals surface area contributed by atoms with Gasteiger partial charge in [0, 0.05) is 30.1 Å². The van der Waals surface area contributed by atoms with E-state index in [2.05, 4.69) is 0 Å². The van der Waals surface area contributed by atoms with Gasteiger partial charge in [0.1, 0.15) is 0 Å². The Kier molecular flexibility index (Phi) is 5.93. The highest BCUT2D eigenvalue weighted by Crippen LogP contribution is 2.26. The van der Waals surface area contributed by atoms with Crippen molar-refractivity contribution in [3.05, 3.63) is 57.4 Å². The van der Waals surface area contributed by atoms with Crippen LogP contribution in [0.1, 0.15) is 34.7 Å². The molecule has 7 heteroatoms. The average molecular weight is 346 g/mol. The molecule has 0 saturated heterocycles. The lowest BCUT2D eigenvalue weighted by molar-refractivity contribution is -0.385. The van der Waals surface area contributed by atoms with Crippen molar-refractivity contribution in [2.24, 2.45) is 0 Å². The second-order valence-electron chi connectivity index (χ2n) is 5.90. The first-order chi connectivity index (χ1) is 11.9. The van der Waals surface area contributed by atoms with Gasteiger partial charge in [-0.1, -0.05) is 12.1 Å². The first-order valence-electron chi connectivity index (χ1n) is 7.93. The van der Waals surface area contributed by atoms with Crippen LogP contribution in [0.15, 0.2) is 30.3 Å². The monoisotopic (exact) mass is 346 g/mol. The van der Waals surface area contributed by atoms with Crippen molar-refractivity contribution in [3.8, 4) is 5.75 Å². The van der Waals surface area contributed by atoms with Gasteiger partial charge in [0.2, 0.25) is 5.78 Å². The highest BCUT2D eigenvalue weighted by Gasteiger charge is 2.20. The van der Waals surface area contributed by atoms with Gasteiger partial charge in [-0.3, -0.25) is 14.9 Å². The summed E-state index contributed by atoms with van der Waals surface area (Å²) in [6.45, 7) is 6.10. The van der Waals surface area contributed by atoms with Gasteiger partial charge in [-0.05, 0) is 32.9 Å². The van der Waals surface area contributed by atoms with Gasteiger partial charge >= 0.3 is 5.69 Å². The molecular weight excluding hydrogens is 324 g/mol. The van der Waals surface area contributed by atoms with Crippen LogP contribution in [0.5, 0.6) is 5.75 Å². The number of hydrogen-bond donors (Lipinski definition) is 0. The number of nitro groups is 1. The van der Waals surface area contributed by atoms with Gasteiger partial charge in [-0.2, -0.15) is 0 Å². The number of ether oxygens (including phenoxy) is 2. The van der Waals surface area contributed by atoms with Crippen molar-refractivity contribution in [2.75, 3.05) is 20.3 Å². The Morgan fingerprint density at radius 1 is 1.32 bits per heavy atom. The predicted molar refractivity (Wildman–Crippen MR) is 93.4 cm³/mol. The molecule has 2 rings (SSSR count). The van der Waals surface area contributed by atoms with Gasteiger partial charge in [0.05, 0.1) is 17.6 Å². The van der Waals surface area contributed by atoms with Gasteiger partial charge in [-0.15, -0.1) is 0 Å². The smallest absolute Gasteiger partial charge is 0.310 e. The Morgan fingerprint density at radius 2 is 2.00 bits per heavy atom. The van der Waals surface area contributed by atoms with E-state index in [9.17, 15) is 14.9 Å². The molecule has 1 aromatic carbocycles. The van der Waals surface area contributed by atoms with Crippen molar-refractivity contribution in [1.82, 2.24) is 4.57 Å². The van der Waals surface area contributed by atoms with E-state index in [0.29, 0.717) is 12.2 Å². The van der Waals surface area contributed by atoms with Crippen LogP contribution in [-0.2, 0) is 4.74 Å². The molecule has 0 aliphatic heterocycles. The summed E-state index contributed by atoms with van der Waals surface area (Å²) in [5, 5.41) is 11.0. The van der Waals surface area contributed by atoms with E-state index in [1.807, 2.05) is 31.4 Å². The summed E-state index contributed by atoms with van der Waals surface area (Å²) in [4.78, 5) is 23.0. The number of aryl methyl sites for hydroxylation is 1. The van der Waals surface area contributed by atoms with Crippen LogP contribution in [0, 0.1) is 24.0 Å². The number of para-hydroxylation sites is 2. The molecule has 1 aromatic heterocycles. The molecule has 0 aliphatic rings. The molecule has 134 valence electrons. The topological polar surface area (TPSA) is 83.6 Å². The minimum atomic E-state index is -0.530. The normalized spacial score (nSPS) is 12.0. The fourth-order valence-corrected chi connectivity index (χ4v) is 3.00. The number of methoxy groups -OCH3 is 1. The predicted octanol–water partition coefficient (Wildman–Crippen LogP) is 3.48. The van der Waals surface area contributed by atoms with E-state index in [-0.39, 0.29) is 29.9 Å². The molecule has 0 radical (unpaired) electrons. The number of carbonyl (C=O) groups is 1. The summed E-state index contributed by atoms with van der Waals surface area (Å²) < 4.78 is 12.6. The molecule has 0 fully saturated rings. The Labute approximate surface area is 146 Å². The summed E-state index contributed by atoms with van der Waals surface area (Å²) in [5.41, 5.74) is 2.18. The van der Waals surface area contributed by atoms with Crippen molar-refractivity contribution < 1.29 is 19.2 Å². The highest BCUT2D eigenvalue weighted by atomic mass is 16.6. The number of rotatable bonds is 8. The molecule has 0 N–H and O–H groups in total. The summed E-state index contributed by atoms with van der Waals surface area (Å²) >= 11 is 0. The number of carbonyl (C=O) groups excluding carboxylic acids is 1. The number of nitro benzene ring substituents is 1. The van der Waals surface area contributed by atoms with E-state index in [1.54, 1.807) is 19.2 Å². The Balaban J connectivity index is 2.17. The third kappa shape index (κ3) is 4.06. The van der Waals surface area contributed by atoms with Crippen molar-refractivity contribution in [3.63, 3.8) is 0 Å². The third-order valence-electron chi connectivity index (χ3n) is 4.05. The Bertz CT molecular complexity index is 782. The molecule has 25 heavy (non-hydrogen) atoms. The highest BCUT2D eigenvalue weighted by molar-refractivity contribution is 5.98. The maximum atomic E-state index is 12.5. The van der Waals surface area contributed by atoms with Crippen molar-refractivity contribution >= 4 is 11.5 Å². The number of nitrogens with zero attached hydrogens (tertiary/aromatic N) is 2. The summed E-state index contributed by atoms with van der Waals surface area (Å²) in [5.74, 6) is -0.135. The van der Waals surface area contributed by atoms with E-state index < -0.39 is 4.92 Å². The number of aromatic nitrogens is 1. The average Bonchev–Trinajstić information content (AvgIpc) is 2.87. The van der Waals surface area contributed by atoms with E-state index in [1.165, 1.54) is 12.1 Å². The lowest BCUT2D eigenvalue weighted by Gasteiger charge is -2.17. The molecule has 7 nitrogen and oxygen atoms in total. The van der Waals surface area contributed by atoms with Crippen molar-refractivity contribution in [2.45, 2.75) is 26.8 Å². The molecule has 0 spiro atoms. The van der Waals surface area contributed by atoms with Crippen LogP contribution in [-0.4, -0.2) is 35.6 Å². The molecule has 0 aliphatic carbocycles. The fraction of sp³-hybridized carbons (Fsp3) is 0.389. The Morgan fingerprint density at radius 3 is 2.64 bits per heavy atom. The largest absolute Gasteiger partial charge is 0.478 e.